The molecular weight excluding hydrogens is 400 g/mol. The number of piperidine rings is 1. The van der Waals surface area contributed by atoms with E-state index in [0.29, 0.717) is 11.9 Å². The molecule has 0 unspecified atom stereocenters. The number of hydrogen-bond acceptors (Lipinski definition) is 7. The maximum absolute atomic E-state index is 12.4. The van der Waals surface area contributed by atoms with E-state index in [1.165, 1.54) is 18.2 Å². The summed E-state index contributed by atoms with van der Waals surface area (Å²) in [7, 11) is 0. The lowest BCUT2D eigenvalue weighted by molar-refractivity contribution is -0.113. The fourth-order valence-electron chi connectivity index (χ4n) is 3.55. The smallest absolute Gasteiger partial charge is 0.246 e. The zero-order valence-corrected chi connectivity index (χ0v) is 18.1. The third-order valence-corrected chi connectivity index (χ3v) is 6.09. The zero-order chi connectivity index (χ0) is 20.9. The van der Waals surface area contributed by atoms with Crippen molar-refractivity contribution in [3.63, 3.8) is 0 Å². The minimum atomic E-state index is -0.163. The van der Waals surface area contributed by atoms with Gasteiger partial charge in [0.05, 0.1) is 5.75 Å². The van der Waals surface area contributed by atoms with E-state index in [4.69, 9.17) is 0 Å². The fourth-order valence-corrected chi connectivity index (χ4v) is 4.35. The highest BCUT2D eigenvalue weighted by Crippen LogP contribution is 2.26. The van der Waals surface area contributed by atoms with Gasteiger partial charge in [0.25, 0.3) is 0 Å². The number of thioether (sulfide) groups is 1. The number of nitrogens with one attached hydrogen (secondary N) is 2. The molecule has 2 aromatic heterocycles. The molecule has 0 atom stereocenters. The van der Waals surface area contributed by atoms with Crippen LogP contribution in [0.3, 0.4) is 0 Å². The van der Waals surface area contributed by atoms with Crippen LogP contribution in [-0.4, -0.2) is 54.7 Å². The summed E-state index contributed by atoms with van der Waals surface area (Å²) in [6, 6.07) is 8.09. The average molecular weight is 427 g/mol. The first-order chi connectivity index (χ1) is 14.7. The van der Waals surface area contributed by atoms with E-state index in [0.717, 1.165) is 54.6 Å². The standard InChI is InChI=1S/C20H26N8OS/c1-3-28-17(15-10-6-5-9-14(15)2)23-26-20(28)30-13-16(29)21-18-22-19(25-24-18)27-11-7-4-8-12-27/h5-6,9-10H,3-4,7-8,11-13H2,1-2H3,(H2,21,22,24,25,29). The quantitative estimate of drug-likeness (QED) is 0.559. The van der Waals surface area contributed by atoms with E-state index in [1.54, 1.807) is 0 Å². The molecule has 1 aliphatic rings. The molecule has 10 heteroatoms. The van der Waals surface area contributed by atoms with E-state index < -0.39 is 0 Å². The Morgan fingerprint density at radius 3 is 2.77 bits per heavy atom. The molecule has 0 radical (unpaired) electrons. The third-order valence-electron chi connectivity index (χ3n) is 5.12. The molecule has 3 aromatic rings. The molecule has 0 aliphatic carbocycles. The molecule has 3 heterocycles. The number of amides is 1. The highest BCUT2D eigenvalue weighted by molar-refractivity contribution is 7.99. The van der Waals surface area contributed by atoms with E-state index in [2.05, 4.69) is 48.6 Å². The molecule has 158 valence electrons. The number of benzene rings is 1. The maximum atomic E-state index is 12.4. The van der Waals surface area contributed by atoms with E-state index in [1.807, 2.05) is 29.7 Å². The van der Waals surface area contributed by atoms with Gasteiger partial charge in [-0.1, -0.05) is 36.0 Å². The summed E-state index contributed by atoms with van der Waals surface area (Å²) in [5.74, 6) is 1.89. The zero-order valence-electron chi connectivity index (χ0n) is 17.3. The molecule has 2 N–H and O–H groups in total. The largest absolute Gasteiger partial charge is 0.340 e. The molecule has 0 bridgehead atoms. The van der Waals surface area contributed by atoms with Crippen molar-refractivity contribution in [1.82, 2.24) is 29.9 Å². The topological polar surface area (TPSA) is 105 Å². The second-order valence-corrected chi connectivity index (χ2v) is 8.18. The Labute approximate surface area is 179 Å². The van der Waals surface area contributed by atoms with Crippen molar-refractivity contribution in [2.24, 2.45) is 0 Å². The highest BCUT2D eigenvalue weighted by atomic mass is 32.2. The number of nitrogens with zero attached hydrogens (tertiary/aromatic N) is 6. The first kappa shape index (κ1) is 20.4. The first-order valence-electron chi connectivity index (χ1n) is 10.2. The highest BCUT2D eigenvalue weighted by Gasteiger charge is 2.18. The van der Waals surface area contributed by atoms with Crippen LogP contribution in [0.15, 0.2) is 29.4 Å². The summed E-state index contributed by atoms with van der Waals surface area (Å²) in [4.78, 5) is 19.0. The van der Waals surface area contributed by atoms with Gasteiger partial charge in [-0.25, -0.2) is 5.10 Å². The summed E-state index contributed by atoms with van der Waals surface area (Å²) >= 11 is 1.36. The maximum Gasteiger partial charge on any atom is 0.246 e. The van der Waals surface area contributed by atoms with Crippen LogP contribution in [0.5, 0.6) is 0 Å². The van der Waals surface area contributed by atoms with E-state index >= 15 is 0 Å². The van der Waals surface area contributed by atoms with Crippen LogP contribution < -0.4 is 10.2 Å². The number of aryl methyl sites for hydroxylation is 1. The Kier molecular flexibility index (Phi) is 6.32. The normalized spacial score (nSPS) is 14.1. The van der Waals surface area contributed by atoms with Crippen molar-refractivity contribution < 1.29 is 4.79 Å². The molecule has 1 aromatic carbocycles. The van der Waals surface area contributed by atoms with Crippen LogP contribution >= 0.6 is 11.8 Å². The Morgan fingerprint density at radius 1 is 1.20 bits per heavy atom. The minimum Gasteiger partial charge on any atom is -0.340 e. The second-order valence-electron chi connectivity index (χ2n) is 7.23. The van der Waals surface area contributed by atoms with Crippen LogP contribution in [0.2, 0.25) is 0 Å². The van der Waals surface area contributed by atoms with E-state index in [-0.39, 0.29) is 11.7 Å². The monoisotopic (exact) mass is 426 g/mol. The van der Waals surface area contributed by atoms with Crippen molar-refractivity contribution in [1.29, 1.82) is 0 Å². The Morgan fingerprint density at radius 2 is 2.00 bits per heavy atom. The first-order valence-corrected chi connectivity index (χ1v) is 11.2. The Bertz CT molecular complexity index is 1010. The SMILES string of the molecule is CCn1c(SCC(=O)Nc2nc(N3CCCCC3)n[nH]2)nnc1-c1ccccc1C. The van der Waals surface area contributed by atoms with Crippen molar-refractivity contribution in [3.8, 4) is 11.4 Å². The number of H-pyrrole nitrogens is 1. The van der Waals surface area contributed by atoms with Gasteiger partial charge in [-0.3, -0.25) is 10.1 Å². The third kappa shape index (κ3) is 4.48. The van der Waals surface area contributed by atoms with Gasteiger partial charge in [0, 0.05) is 25.2 Å². The molecular formula is C20H26N8OS. The molecule has 1 fully saturated rings. The van der Waals surface area contributed by atoms with Crippen LogP contribution in [0, 0.1) is 6.92 Å². The van der Waals surface area contributed by atoms with Crippen molar-refractivity contribution >= 4 is 29.6 Å². The summed E-state index contributed by atoms with van der Waals surface area (Å²) in [6.07, 6.45) is 3.54. The molecule has 1 saturated heterocycles. The van der Waals surface area contributed by atoms with Crippen molar-refractivity contribution in [2.75, 3.05) is 29.1 Å². The summed E-state index contributed by atoms with van der Waals surface area (Å²) in [5.41, 5.74) is 2.19. The molecule has 4 rings (SSSR count). The summed E-state index contributed by atoms with van der Waals surface area (Å²) in [5, 5.41) is 19.2. The number of hydrogen-bond donors (Lipinski definition) is 2. The average Bonchev–Trinajstić information content (AvgIpc) is 3.40. The number of anilines is 2. The van der Waals surface area contributed by atoms with Gasteiger partial charge >= 0.3 is 0 Å². The van der Waals surface area contributed by atoms with Gasteiger partial charge in [-0.15, -0.1) is 15.3 Å². The lowest BCUT2D eigenvalue weighted by Crippen LogP contribution is -2.30. The van der Waals surface area contributed by atoms with Gasteiger partial charge in [0.2, 0.25) is 17.8 Å². The van der Waals surface area contributed by atoms with Crippen LogP contribution in [0.25, 0.3) is 11.4 Å². The van der Waals surface area contributed by atoms with Crippen LogP contribution in [0.1, 0.15) is 31.7 Å². The fraction of sp³-hybridized carbons (Fsp3) is 0.450. The predicted molar refractivity (Wildman–Crippen MR) is 118 cm³/mol. The molecule has 0 spiro atoms. The number of aromatic nitrogens is 6. The predicted octanol–water partition coefficient (Wildman–Crippen LogP) is 3.11. The summed E-state index contributed by atoms with van der Waals surface area (Å²) in [6.45, 7) is 6.74. The van der Waals surface area contributed by atoms with Gasteiger partial charge in [-0.05, 0) is 38.7 Å². The Hall–Kier alpha value is -2.88. The van der Waals surface area contributed by atoms with Crippen molar-refractivity contribution in [3.05, 3.63) is 29.8 Å². The van der Waals surface area contributed by atoms with Gasteiger partial charge < -0.3 is 9.47 Å². The van der Waals surface area contributed by atoms with Gasteiger partial charge in [0.15, 0.2) is 11.0 Å². The molecule has 30 heavy (non-hydrogen) atoms. The van der Waals surface area contributed by atoms with Gasteiger partial charge in [0.1, 0.15) is 0 Å². The second kappa shape index (κ2) is 9.29. The van der Waals surface area contributed by atoms with Crippen LogP contribution in [0.4, 0.5) is 11.9 Å². The number of carbonyl (C=O) groups excluding carboxylic acids is 1. The lowest BCUT2D eigenvalue weighted by Gasteiger charge is -2.24. The number of aromatic amines is 1. The molecule has 0 saturated carbocycles. The van der Waals surface area contributed by atoms with E-state index in [9.17, 15) is 4.79 Å². The molecule has 1 amide bonds. The molecule has 1 aliphatic heterocycles. The minimum absolute atomic E-state index is 0.163. The lowest BCUT2D eigenvalue weighted by atomic mass is 10.1. The Balaban J connectivity index is 1.37. The summed E-state index contributed by atoms with van der Waals surface area (Å²) < 4.78 is 2.03. The van der Waals surface area contributed by atoms with Crippen molar-refractivity contribution in [2.45, 2.75) is 44.8 Å². The number of rotatable bonds is 7. The molecule has 9 nitrogen and oxygen atoms in total. The number of carbonyl (C=O) groups is 1. The van der Waals surface area contributed by atoms with Gasteiger partial charge in [-0.2, -0.15) is 4.98 Å². The van der Waals surface area contributed by atoms with Crippen LogP contribution in [-0.2, 0) is 11.3 Å².